The molecular formula is C21H32ClN3O2. The van der Waals surface area contributed by atoms with E-state index in [1.165, 1.54) is 12.8 Å². The molecule has 0 saturated carbocycles. The maximum atomic E-state index is 12.6. The van der Waals surface area contributed by atoms with Crippen LogP contribution in [0.1, 0.15) is 49.4 Å². The molecule has 0 aliphatic carbocycles. The van der Waals surface area contributed by atoms with Gasteiger partial charge < -0.3 is 15.5 Å². The molecule has 0 aromatic heterocycles. The number of rotatable bonds is 5. The summed E-state index contributed by atoms with van der Waals surface area (Å²) in [7, 11) is 0. The molecule has 2 fully saturated rings. The molecule has 0 spiro atoms. The molecule has 1 aromatic rings. The third kappa shape index (κ3) is 6.22. The molecule has 2 N–H and O–H groups in total. The molecule has 2 aliphatic heterocycles. The largest absolute Gasteiger partial charge is 0.349 e. The molecule has 2 aliphatic rings. The highest BCUT2D eigenvalue weighted by atomic mass is 35.5. The van der Waals surface area contributed by atoms with Gasteiger partial charge in [0.15, 0.2) is 0 Å². The minimum absolute atomic E-state index is 0. The van der Waals surface area contributed by atoms with Crippen LogP contribution in [0.5, 0.6) is 0 Å². The minimum Gasteiger partial charge on any atom is -0.349 e. The lowest BCUT2D eigenvalue weighted by atomic mass is 9.85. The Morgan fingerprint density at radius 2 is 1.89 bits per heavy atom. The van der Waals surface area contributed by atoms with Crippen molar-refractivity contribution >= 4 is 24.2 Å². The van der Waals surface area contributed by atoms with Gasteiger partial charge in [-0.1, -0.05) is 25.1 Å². The standard InChI is InChI=1S/C21H31N3O2.ClH/c1-16(18-8-5-11-22-15-18)14-20(25)24-12-9-19(10-13-24)23-21(26)17-6-3-2-4-7-17;/h2-4,6-7,16,18-19,22H,5,8-15H2,1H3,(H,23,26);1H. The van der Waals surface area contributed by atoms with Crippen LogP contribution in [0.15, 0.2) is 30.3 Å². The highest BCUT2D eigenvalue weighted by Crippen LogP contribution is 2.24. The van der Waals surface area contributed by atoms with Crippen molar-refractivity contribution in [3.8, 4) is 0 Å². The Morgan fingerprint density at radius 1 is 1.19 bits per heavy atom. The number of likely N-dealkylation sites (tertiary alicyclic amines) is 1. The maximum Gasteiger partial charge on any atom is 0.251 e. The van der Waals surface area contributed by atoms with E-state index in [0.717, 1.165) is 39.0 Å². The zero-order valence-corrected chi connectivity index (χ0v) is 17.0. The van der Waals surface area contributed by atoms with Gasteiger partial charge in [0.2, 0.25) is 5.91 Å². The summed E-state index contributed by atoms with van der Waals surface area (Å²) >= 11 is 0. The van der Waals surface area contributed by atoms with Crippen LogP contribution >= 0.6 is 12.4 Å². The second-order valence-electron chi connectivity index (χ2n) is 7.78. The monoisotopic (exact) mass is 393 g/mol. The van der Waals surface area contributed by atoms with Gasteiger partial charge >= 0.3 is 0 Å². The molecule has 2 amide bonds. The van der Waals surface area contributed by atoms with Crippen LogP contribution in [0.25, 0.3) is 0 Å². The number of benzene rings is 1. The zero-order chi connectivity index (χ0) is 18.4. The fourth-order valence-corrected chi connectivity index (χ4v) is 4.07. The summed E-state index contributed by atoms with van der Waals surface area (Å²) in [5, 5.41) is 6.54. The molecule has 3 rings (SSSR count). The van der Waals surface area contributed by atoms with Crippen molar-refractivity contribution in [3.63, 3.8) is 0 Å². The average molecular weight is 394 g/mol. The molecule has 2 saturated heterocycles. The molecule has 6 heteroatoms. The van der Waals surface area contributed by atoms with Crippen molar-refractivity contribution < 1.29 is 9.59 Å². The van der Waals surface area contributed by atoms with E-state index in [9.17, 15) is 9.59 Å². The van der Waals surface area contributed by atoms with Gasteiger partial charge in [-0.3, -0.25) is 9.59 Å². The SMILES string of the molecule is CC(CC(=O)N1CCC(NC(=O)c2ccccc2)CC1)C1CCCNC1.Cl. The van der Waals surface area contributed by atoms with Crippen LogP contribution in [0.4, 0.5) is 0 Å². The number of carbonyl (C=O) groups excluding carboxylic acids is 2. The maximum absolute atomic E-state index is 12.6. The van der Waals surface area contributed by atoms with E-state index in [1.54, 1.807) is 0 Å². The van der Waals surface area contributed by atoms with Crippen LogP contribution in [-0.4, -0.2) is 48.9 Å². The van der Waals surface area contributed by atoms with Crippen LogP contribution < -0.4 is 10.6 Å². The number of piperidine rings is 2. The summed E-state index contributed by atoms with van der Waals surface area (Å²) in [5.74, 6) is 1.31. The second kappa shape index (κ2) is 10.7. The van der Waals surface area contributed by atoms with E-state index in [-0.39, 0.29) is 30.3 Å². The Balaban J connectivity index is 0.00000261. The number of nitrogens with zero attached hydrogens (tertiary/aromatic N) is 1. The van der Waals surface area contributed by atoms with E-state index in [0.29, 0.717) is 23.8 Å². The first-order valence-electron chi connectivity index (χ1n) is 9.98. The van der Waals surface area contributed by atoms with Gasteiger partial charge in [0.25, 0.3) is 5.91 Å². The molecule has 2 heterocycles. The van der Waals surface area contributed by atoms with Crippen molar-refractivity contribution in [2.75, 3.05) is 26.2 Å². The fourth-order valence-electron chi connectivity index (χ4n) is 4.07. The minimum atomic E-state index is -0.0196. The van der Waals surface area contributed by atoms with Crippen molar-refractivity contribution in [2.45, 2.75) is 45.1 Å². The lowest BCUT2D eigenvalue weighted by Gasteiger charge is -2.34. The molecule has 27 heavy (non-hydrogen) atoms. The molecule has 150 valence electrons. The highest BCUT2D eigenvalue weighted by molar-refractivity contribution is 5.94. The summed E-state index contributed by atoms with van der Waals surface area (Å²) in [4.78, 5) is 26.9. The molecule has 0 radical (unpaired) electrons. The predicted molar refractivity (Wildman–Crippen MR) is 110 cm³/mol. The van der Waals surface area contributed by atoms with Crippen LogP contribution in [0, 0.1) is 11.8 Å². The first-order valence-corrected chi connectivity index (χ1v) is 9.98. The summed E-state index contributed by atoms with van der Waals surface area (Å²) in [6.07, 6.45) is 4.77. The zero-order valence-electron chi connectivity index (χ0n) is 16.2. The lowest BCUT2D eigenvalue weighted by molar-refractivity contribution is -0.133. The van der Waals surface area contributed by atoms with Crippen molar-refractivity contribution in [1.29, 1.82) is 0 Å². The number of hydrogen-bond acceptors (Lipinski definition) is 3. The van der Waals surface area contributed by atoms with Crippen LogP contribution in [0.3, 0.4) is 0 Å². The van der Waals surface area contributed by atoms with Gasteiger partial charge in [0.05, 0.1) is 0 Å². The Kier molecular flexibility index (Phi) is 8.58. The van der Waals surface area contributed by atoms with E-state index in [1.807, 2.05) is 35.2 Å². The number of hydrogen-bond donors (Lipinski definition) is 2. The topological polar surface area (TPSA) is 61.4 Å². The van der Waals surface area contributed by atoms with Crippen molar-refractivity contribution in [2.24, 2.45) is 11.8 Å². The second-order valence-corrected chi connectivity index (χ2v) is 7.78. The Hall–Kier alpha value is -1.59. The van der Waals surface area contributed by atoms with E-state index >= 15 is 0 Å². The fraction of sp³-hybridized carbons (Fsp3) is 0.619. The predicted octanol–water partition coefficient (Wildman–Crippen LogP) is 2.86. The number of nitrogens with one attached hydrogen (secondary N) is 2. The lowest BCUT2D eigenvalue weighted by Crippen LogP contribution is -2.47. The van der Waals surface area contributed by atoms with Gasteiger partial charge in [-0.2, -0.15) is 0 Å². The van der Waals surface area contributed by atoms with Gasteiger partial charge in [-0.05, 0) is 62.7 Å². The summed E-state index contributed by atoms with van der Waals surface area (Å²) in [5.41, 5.74) is 0.695. The normalized spacial score (nSPS) is 21.8. The Morgan fingerprint density at radius 3 is 2.52 bits per heavy atom. The average Bonchev–Trinajstić information content (AvgIpc) is 2.69. The van der Waals surface area contributed by atoms with Crippen LogP contribution in [-0.2, 0) is 4.79 Å². The smallest absolute Gasteiger partial charge is 0.251 e. The molecular weight excluding hydrogens is 362 g/mol. The number of halogens is 1. The van der Waals surface area contributed by atoms with Gasteiger partial charge in [-0.15, -0.1) is 12.4 Å². The van der Waals surface area contributed by atoms with E-state index < -0.39 is 0 Å². The van der Waals surface area contributed by atoms with Crippen molar-refractivity contribution in [3.05, 3.63) is 35.9 Å². The molecule has 2 atom stereocenters. The quantitative estimate of drug-likeness (QED) is 0.808. The number of carbonyl (C=O) groups is 2. The first kappa shape index (κ1) is 21.7. The first-order chi connectivity index (χ1) is 12.6. The summed E-state index contributed by atoms with van der Waals surface area (Å²) < 4.78 is 0. The third-order valence-corrected chi connectivity index (χ3v) is 5.86. The highest BCUT2D eigenvalue weighted by Gasteiger charge is 2.27. The summed E-state index contributed by atoms with van der Waals surface area (Å²) in [6.45, 7) is 5.85. The molecule has 1 aromatic carbocycles. The molecule has 2 unspecified atom stereocenters. The van der Waals surface area contributed by atoms with Gasteiger partial charge in [-0.25, -0.2) is 0 Å². The van der Waals surface area contributed by atoms with Gasteiger partial charge in [0, 0.05) is 31.1 Å². The van der Waals surface area contributed by atoms with E-state index in [4.69, 9.17) is 0 Å². The summed E-state index contributed by atoms with van der Waals surface area (Å²) in [6, 6.07) is 9.47. The molecule has 5 nitrogen and oxygen atoms in total. The van der Waals surface area contributed by atoms with Gasteiger partial charge in [0.1, 0.15) is 0 Å². The Labute approximate surface area is 168 Å². The van der Waals surface area contributed by atoms with Crippen LogP contribution in [0.2, 0.25) is 0 Å². The van der Waals surface area contributed by atoms with E-state index in [2.05, 4.69) is 17.6 Å². The van der Waals surface area contributed by atoms with Crippen molar-refractivity contribution in [1.82, 2.24) is 15.5 Å². The Bertz CT molecular complexity index is 597. The molecule has 0 bridgehead atoms. The number of amides is 2. The third-order valence-electron chi connectivity index (χ3n) is 5.86.